The molecule has 0 saturated carbocycles. The standard InChI is InChI=1S/C12H20N2O4S/c1-7(2)11-14(9(6-19-11)12(17)18)10(16)5-13(4)8(3)15/h7,9,11H,5-6H2,1-4H3,(H,17,18). The lowest BCUT2D eigenvalue weighted by Gasteiger charge is -2.31. The molecule has 0 aromatic heterocycles. The first kappa shape index (κ1) is 15.8. The molecule has 1 aliphatic heterocycles. The summed E-state index contributed by atoms with van der Waals surface area (Å²) in [6.07, 6.45) is 0. The maximum absolute atomic E-state index is 12.2. The molecule has 6 nitrogen and oxygen atoms in total. The number of amides is 2. The Kier molecular flexibility index (Phi) is 5.22. The molecule has 19 heavy (non-hydrogen) atoms. The number of rotatable bonds is 4. The summed E-state index contributed by atoms with van der Waals surface area (Å²) in [5, 5.41) is 9.04. The molecule has 1 N–H and O–H groups in total. The fourth-order valence-electron chi connectivity index (χ4n) is 1.94. The van der Waals surface area contributed by atoms with E-state index in [2.05, 4.69) is 0 Å². The molecule has 2 atom stereocenters. The molecule has 1 fully saturated rings. The van der Waals surface area contributed by atoms with Gasteiger partial charge in [0.15, 0.2) is 0 Å². The lowest BCUT2D eigenvalue weighted by Crippen LogP contribution is -2.50. The summed E-state index contributed by atoms with van der Waals surface area (Å²) in [5.41, 5.74) is 0. The topological polar surface area (TPSA) is 77.9 Å². The first-order valence-corrected chi connectivity index (χ1v) is 7.17. The zero-order chi connectivity index (χ0) is 14.7. The Balaban J connectivity index is 2.86. The first-order valence-electron chi connectivity index (χ1n) is 6.13. The molecular weight excluding hydrogens is 268 g/mol. The summed E-state index contributed by atoms with van der Waals surface area (Å²) in [4.78, 5) is 37.3. The predicted octanol–water partition coefficient (Wildman–Crippen LogP) is 0.475. The number of thioether (sulfide) groups is 1. The van der Waals surface area contributed by atoms with Gasteiger partial charge in [0.25, 0.3) is 0 Å². The van der Waals surface area contributed by atoms with Crippen molar-refractivity contribution in [1.29, 1.82) is 0 Å². The number of carbonyl (C=O) groups is 3. The average Bonchev–Trinajstić information content (AvgIpc) is 2.72. The van der Waals surface area contributed by atoms with Crippen molar-refractivity contribution in [3.05, 3.63) is 0 Å². The quantitative estimate of drug-likeness (QED) is 0.814. The molecule has 2 amide bonds. The molecule has 0 radical (unpaired) electrons. The van der Waals surface area contributed by atoms with Crippen LogP contribution in [0.15, 0.2) is 0 Å². The van der Waals surface area contributed by atoms with E-state index in [1.165, 1.54) is 35.5 Å². The number of carbonyl (C=O) groups excluding carboxylic acids is 2. The Hall–Kier alpha value is -1.24. The molecule has 0 bridgehead atoms. The molecule has 0 aromatic carbocycles. The van der Waals surface area contributed by atoms with Crippen molar-refractivity contribution in [3.63, 3.8) is 0 Å². The summed E-state index contributed by atoms with van der Waals surface area (Å²) >= 11 is 1.48. The second kappa shape index (κ2) is 6.27. The van der Waals surface area contributed by atoms with E-state index in [1.54, 1.807) is 0 Å². The molecule has 0 aliphatic carbocycles. The van der Waals surface area contributed by atoms with E-state index in [0.717, 1.165) is 0 Å². The predicted molar refractivity (Wildman–Crippen MR) is 72.7 cm³/mol. The molecule has 1 heterocycles. The maximum atomic E-state index is 12.2. The lowest BCUT2D eigenvalue weighted by molar-refractivity contribution is -0.150. The van der Waals surface area contributed by atoms with Crippen LogP contribution >= 0.6 is 11.8 Å². The van der Waals surface area contributed by atoms with Crippen molar-refractivity contribution in [1.82, 2.24) is 9.80 Å². The Morgan fingerprint density at radius 1 is 1.42 bits per heavy atom. The highest BCUT2D eigenvalue weighted by Gasteiger charge is 2.42. The summed E-state index contributed by atoms with van der Waals surface area (Å²) in [6, 6.07) is -0.801. The van der Waals surface area contributed by atoms with Gasteiger partial charge in [0, 0.05) is 19.7 Å². The number of nitrogens with zero attached hydrogens (tertiary/aromatic N) is 2. The highest BCUT2D eigenvalue weighted by Crippen LogP contribution is 2.34. The summed E-state index contributed by atoms with van der Waals surface area (Å²) in [7, 11) is 1.53. The van der Waals surface area contributed by atoms with Crippen molar-refractivity contribution in [3.8, 4) is 0 Å². The summed E-state index contributed by atoms with van der Waals surface area (Å²) in [5.74, 6) is -0.953. The Morgan fingerprint density at radius 3 is 2.42 bits per heavy atom. The number of hydrogen-bond acceptors (Lipinski definition) is 4. The van der Waals surface area contributed by atoms with Gasteiger partial charge >= 0.3 is 5.97 Å². The van der Waals surface area contributed by atoms with E-state index in [0.29, 0.717) is 5.75 Å². The van der Waals surface area contributed by atoms with Crippen LogP contribution in [0.2, 0.25) is 0 Å². The third kappa shape index (κ3) is 3.62. The van der Waals surface area contributed by atoms with Gasteiger partial charge in [0.05, 0.1) is 11.9 Å². The van der Waals surface area contributed by atoms with Crippen LogP contribution in [0.3, 0.4) is 0 Å². The molecule has 7 heteroatoms. The van der Waals surface area contributed by atoms with Gasteiger partial charge in [-0.15, -0.1) is 11.8 Å². The van der Waals surface area contributed by atoms with Crippen LogP contribution in [0.4, 0.5) is 0 Å². The first-order chi connectivity index (χ1) is 8.75. The average molecular weight is 288 g/mol. The van der Waals surface area contributed by atoms with Crippen LogP contribution in [-0.4, -0.2) is 63.5 Å². The van der Waals surface area contributed by atoms with Gasteiger partial charge in [-0.05, 0) is 5.92 Å². The van der Waals surface area contributed by atoms with Crippen LogP contribution in [0, 0.1) is 5.92 Å². The molecular formula is C12H20N2O4S. The van der Waals surface area contributed by atoms with Gasteiger partial charge in [-0.3, -0.25) is 9.59 Å². The van der Waals surface area contributed by atoms with Crippen molar-refractivity contribution >= 4 is 29.5 Å². The van der Waals surface area contributed by atoms with Crippen LogP contribution < -0.4 is 0 Å². The van der Waals surface area contributed by atoms with Gasteiger partial charge in [0.1, 0.15) is 6.04 Å². The largest absolute Gasteiger partial charge is 0.480 e. The smallest absolute Gasteiger partial charge is 0.327 e. The van der Waals surface area contributed by atoms with Crippen molar-refractivity contribution in [2.45, 2.75) is 32.2 Å². The van der Waals surface area contributed by atoms with E-state index < -0.39 is 12.0 Å². The van der Waals surface area contributed by atoms with Gasteiger partial charge in [-0.1, -0.05) is 13.8 Å². The van der Waals surface area contributed by atoms with Crippen LogP contribution in [0.1, 0.15) is 20.8 Å². The minimum atomic E-state index is -0.991. The zero-order valence-electron chi connectivity index (χ0n) is 11.6. The van der Waals surface area contributed by atoms with Gasteiger partial charge < -0.3 is 14.9 Å². The van der Waals surface area contributed by atoms with Gasteiger partial charge in [-0.2, -0.15) is 0 Å². The normalized spacial score (nSPS) is 22.7. The molecule has 2 unspecified atom stereocenters. The number of hydrogen-bond donors (Lipinski definition) is 1. The van der Waals surface area contributed by atoms with Crippen LogP contribution in [0.25, 0.3) is 0 Å². The van der Waals surface area contributed by atoms with Crippen molar-refractivity contribution in [2.24, 2.45) is 5.92 Å². The molecule has 108 valence electrons. The van der Waals surface area contributed by atoms with E-state index in [1.807, 2.05) is 13.8 Å². The van der Waals surface area contributed by atoms with Crippen molar-refractivity contribution in [2.75, 3.05) is 19.3 Å². The molecule has 1 aliphatic rings. The Bertz CT molecular complexity index is 386. The van der Waals surface area contributed by atoms with E-state index >= 15 is 0 Å². The highest BCUT2D eigenvalue weighted by atomic mass is 32.2. The Labute approximate surface area is 117 Å². The van der Waals surface area contributed by atoms with E-state index in [-0.39, 0.29) is 29.7 Å². The fourth-order valence-corrected chi connectivity index (χ4v) is 3.44. The van der Waals surface area contributed by atoms with Crippen LogP contribution in [-0.2, 0) is 14.4 Å². The third-order valence-electron chi connectivity index (χ3n) is 3.09. The minimum absolute atomic E-state index is 0.0805. The van der Waals surface area contributed by atoms with E-state index in [9.17, 15) is 19.5 Å². The summed E-state index contributed by atoms with van der Waals surface area (Å²) < 4.78 is 0. The number of carboxylic acid groups (broad SMARTS) is 1. The highest BCUT2D eigenvalue weighted by molar-refractivity contribution is 8.00. The number of likely N-dealkylation sites (N-methyl/N-ethyl adjacent to an activating group) is 1. The second-order valence-corrected chi connectivity index (χ2v) is 6.15. The fraction of sp³-hybridized carbons (Fsp3) is 0.750. The van der Waals surface area contributed by atoms with Crippen molar-refractivity contribution < 1.29 is 19.5 Å². The lowest BCUT2D eigenvalue weighted by atomic mass is 10.1. The van der Waals surface area contributed by atoms with Crippen LogP contribution in [0.5, 0.6) is 0 Å². The van der Waals surface area contributed by atoms with E-state index in [4.69, 9.17) is 0 Å². The minimum Gasteiger partial charge on any atom is -0.480 e. The molecule has 1 rings (SSSR count). The van der Waals surface area contributed by atoms with Gasteiger partial charge in [-0.25, -0.2) is 4.79 Å². The molecule has 0 aromatic rings. The molecule has 0 spiro atoms. The number of carboxylic acids is 1. The second-order valence-electron chi connectivity index (χ2n) is 5.00. The Morgan fingerprint density at radius 2 is 2.00 bits per heavy atom. The summed E-state index contributed by atoms with van der Waals surface area (Å²) in [6.45, 7) is 5.21. The van der Waals surface area contributed by atoms with Gasteiger partial charge in [0.2, 0.25) is 11.8 Å². The molecule has 1 saturated heterocycles. The SMILES string of the molecule is CC(=O)N(C)CC(=O)N1C(C(=O)O)CSC1C(C)C. The zero-order valence-corrected chi connectivity index (χ0v) is 12.4. The monoisotopic (exact) mass is 288 g/mol. The maximum Gasteiger partial charge on any atom is 0.327 e. The third-order valence-corrected chi connectivity index (χ3v) is 4.71. The number of aliphatic carboxylic acids is 1.